The number of rotatable bonds is 7. The Morgan fingerprint density at radius 3 is 2.17 bits per heavy atom. The van der Waals surface area contributed by atoms with Crippen LogP contribution in [-0.2, 0) is 10.0 Å². The Balaban J connectivity index is 1.49. The maximum atomic E-state index is 13.0. The number of likely N-dealkylation sites (tertiary alicyclic amines) is 1. The number of carbonyl (C=O) groups is 2. The van der Waals surface area contributed by atoms with Gasteiger partial charge in [0.15, 0.2) is 0 Å². The fourth-order valence-corrected chi connectivity index (χ4v) is 5.53. The van der Waals surface area contributed by atoms with Crippen LogP contribution >= 0.6 is 11.8 Å². The van der Waals surface area contributed by atoms with Gasteiger partial charge in [-0.15, -0.1) is 11.8 Å². The van der Waals surface area contributed by atoms with E-state index in [2.05, 4.69) is 5.32 Å². The first kappa shape index (κ1) is 24.8. The van der Waals surface area contributed by atoms with Crippen LogP contribution in [0.15, 0.2) is 82.6 Å². The predicted molar refractivity (Wildman–Crippen MR) is 140 cm³/mol. The van der Waals surface area contributed by atoms with Gasteiger partial charge in [0.1, 0.15) is 0 Å². The molecule has 0 radical (unpaired) electrons. The van der Waals surface area contributed by atoms with E-state index in [1.165, 1.54) is 23.1 Å². The van der Waals surface area contributed by atoms with Gasteiger partial charge in [0.2, 0.25) is 0 Å². The molecule has 3 aromatic rings. The van der Waals surface area contributed by atoms with Crippen molar-refractivity contribution in [1.29, 1.82) is 0 Å². The van der Waals surface area contributed by atoms with Crippen molar-refractivity contribution >= 4 is 45.0 Å². The summed E-state index contributed by atoms with van der Waals surface area (Å²) in [6.07, 6.45) is 3.90. The van der Waals surface area contributed by atoms with Crippen molar-refractivity contribution < 1.29 is 18.0 Å². The lowest BCUT2D eigenvalue weighted by molar-refractivity contribution is 0.0794. The van der Waals surface area contributed by atoms with E-state index in [4.69, 9.17) is 0 Å². The molecule has 35 heavy (non-hydrogen) atoms. The Morgan fingerprint density at radius 1 is 0.914 bits per heavy atom. The van der Waals surface area contributed by atoms with Crippen molar-refractivity contribution in [2.45, 2.75) is 22.6 Å². The average molecular weight is 510 g/mol. The number of nitrogens with one attached hydrogen (secondary N) is 1. The molecule has 0 aliphatic carbocycles. The second-order valence-electron chi connectivity index (χ2n) is 8.19. The molecular weight excluding hydrogens is 482 g/mol. The Kier molecular flexibility index (Phi) is 7.47. The zero-order chi connectivity index (χ0) is 25.0. The molecule has 1 heterocycles. The number of anilines is 2. The standard InChI is InChI=1S/C26H27N3O4S2/c1-28(35(32,33)22-15-13-21(34-2)14-16-22)20-11-9-19(10-12-20)25(30)27-24-8-4-3-7-23(24)26(31)29-17-5-6-18-29/h3-4,7-16H,5-6,17-18H2,1-2H3,(H,27,30). The van der Waals surface area contributed by atoms with Gasteiger partial charge in [-0.25, -0.2) is 8.42 Å². The van der Waals surface area contributed by atoms with E-state index < -0.39 is 10.0 Å². The lowest BCUT2D eigenvalue weighted by atomic mass is 10.1. The van der Waals surface area contributed by atoms with Crippen LogP contribution in [-0.4, -0.2) is 51.5 Å². The van der Waals surface area contributed by atoms with Crippen LogP contribution in [0, 0.1) is 0 Å². The molecule has 1 N–H and O–H groups in total. The molecule has 1 fully saturated rings. The molecule has 0 unspecified atom stereocenters. The second-order valence-corrected chi connectivity index (χ2v) is 11.0. The van der Waals surface area contributed by atoms with Crippen molar-refractivity contribution in [2.24, 2.45) is 0 Å². The molecule has 0 atom stereocenters. The van der Waals surface area contributed by atoms with Gasteiger partial charge < -0.3 is 10.2 Å². The van der Waals surface area contributed by atoms with Crippen molar-refractivity contribution in [3.05, 3.63) is 83.9 Å². The van der Waals surface area contributed by atoms with E-state index in [1.54, 1.807) is 77.7 Å². The predicted octanol–water partition coefficient (Wildman–Crippen LogP) is 4.72. The highest BCUT2D eigenvalue weighted by Crippen LogP contribution is 2.25. The van der Waals surface area contributed by atoms with Gasteiger partial charge in [0.05, 0.1) is 21.8 Å². The van der Waals surface area contributed by atoms with E-state index in [0.29, 0.717) is 22.5 Å². The normalized spacial score (nSPS) is 13.5. The third kappa shape index (κ3) is 5.36. The largest absolute Gasteiger partial charge is 0.339 e. The minimum atomic E-state index is -3.74. The summed E-state index contributed by atoms with van der Waals surface area (Å²) < 4.78 is 27.2. The number of hydrogen-bond acceptors (Lipinski definition) is 5. The van der Waals surface area contributed by atoms with Crippen molar-refractivity contribution in [3.8, 4) is 0 Å². The minimum Gasteiger partial charge on any atom is -0.339 e. The molecule has 0 aromatic heterocycles. The van der Waals surface area contributed by atoms with Crippen LogP contribution in [0.2, 0.25) is 0 Å². The molecular formula is C26H27N3O4S2. The third-order valence-corrected chi connectivity index (χ3v) is 8.55. The molecule has 0 bridgehead atoms. The van der Waals surface area contributed by atoms with Gasteiger partial charge in [-0.2, -0.15) is 0 Å². The topological polar surface area (TPSA) is 86.8 Å². The molecule has 1 aliphatic heterocycles. The first-order chi connectivity index (χ1) is 16.8. The summed E-state index contributed by atoms with van der Waals surface area (Å²) in [5.74, 6) is -0.470. The summed E-state index contributed by atoms with van der Waals surface area (Å²) >= 11 is 1.54. The number of carbonyl (C=O) groups excluding carboxylic acids is 2. The third-order valence-electron chi connectivity index (χ3n) is 6.01. The molecule has 1 aliphatic rings. The zero-order valence-electron chi connectivity index (χ0n) is 19.6. The quantitative estimate of drug-likeness (QED) is 0.466. The first-order valence-electron chi connectivity index (χ1n) is 11.2. The fourth-order valence-electron chi connectivity index (χ4n) is 3.93. The van der Waals surface area contributed by atoms with Gasteiger partial charge in [0.25, 0.3) is 21.8 Å². The molecule has 1 saturated heterocycles. The van der Waals surface area contributed by atoms with Gasteiger partial charge in [0, 0.05) is 30.6 Å². The Hall–Kier alpha value is -3.30. The Bertz CT molecular complexity index is 1320. The average Bonchev–Trinajstić information content (AvgIpc) is 3.43. The summed E-state index contributed by atoms with van der Waals surface area (Å²) in [5.41, 5.74) is 1.69. The lowest BCUT2D eigenvalue weighted by Gasteiger charge is -2.20. The Labute approximate surface area is 210 Å². The number of amides is 2. The fraction of sp³-hybridized carbons (Fsp3) is 0.231. The second kappa shape index (κ2) is 10.5. The van der Waals surface area contributed by atoms with Crippen LogP contribution in [0.3, 0.4) is 0 Å². The van der Waals surface area contributed by atoms with Crippen LogP contribution in [0.5, 0.6) is 0 Å². The monoisotopic (exact) mass is 509 g/mol. The smallest absolute Gasteiger partial charge is 0.264 e. The molecule has 7 nitrogen and oxygen atoms in total. The van der Waals surface area contributed by atoms with E-state index in [1.807, 2.05) is 6.26 Å². The summed E-state index contributed by atoms with van der Waals surface area (Å²) in [7, 11) is -2.26. The summed E-state index contributed by atoms with van der Waals surface area (Å²) in [6, 6.07) is 20.0. The highest BCUT2D eigenvalue weighted by molar-refractivity contribution is 7.98. The van der Waals surface area contributed by atoms with Crippen LogP contribution < -0.4 is 9.62 Å². The molecule has 2 amide bonds. The van der Waals surface area contributed by atoms with E-state index in [-0.39, 0.29) is 16.7 Å². The molecule has 9 heteroatoms. The lowest BCUT2D eigenvalue weighted by Crippen LogP contribution is -2.28. The van der Waals surface area contributed by atoms with Gasteiger partial charge in [-0.05, 0) is 79.8 Å². The summed E-state index contributed by atoms with van der Waals surface area (Å²) in [5, 5.41) is 2.83. The van der Waals surface area contributed by atoms with E-state index >= 15 is 0 Å². The number of para-hydroxylation sites is 1. The van der Waals surface area contributed by atoms with Crippen LogP contribution in [0.25, 0.3) is 0 Å². The molecule has 182 valence electrons. The van der Waals surface area contributed by atoms with Gasteiger partial charge >= 0.3 is 0 Å². The van der Waals surface area contributed by atoms with Gasteiger partial charge in [-0.3, -0.25) is 13.9 Å². The van der Waals surface area contributed by atoms with Crippen LogP contribution in [0.1, 0.15) is 33.6 Å². The van der Waals surface area contributed by atoms with Gasteiger partial charge in [-0.1, -0.05) is 12.1 Å². The van der Waals surface area contributed by atoms with Crippen molar-refractivity contribution in [1.82, 2.24) is 4.90 Å². The molecule has 0 spiro atoms. The zero-order valence-corrected chi connectivity index (χ0v) is 21.2. The number of nitrogens with zero attached hydrogens (tertiary/aromatic N) is 2. The number of sulfonamides is 1. The molecule has 4 rings (SSSR count). The van der Waals surface area contributed by atoms with Crippen LogP contribution in [0.4, 0.5) is 11.4 Å². The SMILES string of the molecule is CSc1ccc(S(=O)(=O)N(C)c2ccc(C(=O)Nc3ccccc3C(=O)N3CCCC3)cc2)cc1. The summed E-state index contributed by atoms with van der Waals surface area (Å²) in [4.78, 5) is 28.7. The maximum Gasteiger partial charge on any atom is 0.264 e. The molecule has 0 saturated carbocycles. The minimum absolute atomic E-state index is 0.0915. The maximum absolute atomic E-state index is 13.0. The summed E-state index contributed by atoms with van der Waals surface area (Å²) in [6.45, 7) is 1.45. The van der Waals surface area contributed by atoms with Crippen molar-refractivity contribution in [3.63, 3.8) is 0 Å². The van der Waals surface area contributed by atoms with E-state index in [9.17, 15) is 18.0 Å². The number of thioether (sulfide) groups is 1. The van der Waals surface area contributed by atoms with E-state index in [0.717, 1.165) is 30.8 Å². The Morgan fingerprint density at radius 2 is 1.54 bits per heavy atom. The highest BCUT2D eigenvalue weighted by atomic mass is 32.2. The molecule has 3 aromatic carbocycles. The first-order valence-corrected chi connectivity index (χ1v) is 13.9. The number of benzene rings is 3. The highest BCUT2D eigenvalue weighted by Gasteiger charge is 2.23. The number of hydrogen-bond donors (Lipinski definition) is 1. The van der Waals surface area contributed by atoms with Crippen molar-refractivity contribution in [2.75, 3.05) is 36.0 Å².